The van der Waals surface area contributed by atoms with E-state index in [1.54, 1.807) is 36.5 Å². The number of nitrogens with zero attached hydrogens (tertiary/aromatic N) is 2. The van der Waals surface area contributed by atoms with E-state index in [-0.39, 0.29) is 24.6 Å². The lowest BCUT2D eigenvalue weighted by Crippen LogP contribution is -2.17. The summed E-state index contributed by atoms with van der Waals surface area (Å²) in [6.45, 7) is 1.84. The first-order valence-electron chi connectivity index (χ1n) is 7.41. The van der Waals surface area contributed by atoms with Crippen LogP contribution in [0.4, 0.5) is 0 Å². The highest BCUT2D eigenvalue weighted by atomic mass is 35.5. The molecule has 0 aliphatic carbocycles. The number of esters is 1. The molecular weight excluding hydrogens is 328 g/mol. The second-order valence-electron chi connectivity index (χ2n) is 5.43. The van der Waals surface area contributed by atoms with E-state index in [0.29, 0.717) is 16.4 Å². The standard InChI is InChI=1S/C18H15ClN2O3/c1-12-3-2-8-21-16(22)10-15(20-18(12)21)11-24-17(23)9-13-4-6-14(19)7-5-13/h2-8,10H,9,11H2,1H3. The summed E-state index contributed by atoms with van der Waals surface area (Å²) in [7, 11) is 0. The summed E-state index contributed by atoms with van der Waals surface area (Å²) in [5, 5.41) is 0.614. The molecule has 24 heavy (non-hydrogen) atoms. The van der Waals surface area contributed by atoms with Crippen LogP contribution in [0.5, 0.6) is 0 Å². The molecule has 122 valence electrons. The molecule has 0 spiro atoms. The first kappa shape index (κ1) is 16.2. The van der Waals surface area contributed by atoms with Gasteiger partial charge >= 0.3 is 5.97 Å². The molecule has 0 atom stereocenters. The molecule has 3 rings (SSSR count). The van der Waals surface area contributed by atoms with Crippen molar-refractivity contribution in [2.45, 2.75) is 20.0 Å². The number of carbonyl (C=O) groups excluding carboxylic acids is 1. The number of pyridine rings is 1. The smallest absolute Gasteiger partial charge is 0.310 e. The van der Waals surface area contributed by atoms with E-state index in [1.165, 1.54) is 10.5 Å². The fourth-order valence-corrected chi connectivity index (χ4v) is 2.48. The molecule has 0 radical (unpaired) electrons. The molecule has 0 saturated carbocycles. The highest BCUT2D eigenvalue weighted by Crippen LogP contribution is 2.11. The Labute approximate surface area is 143 Å². The molecule has 0 unspecified atom stereocenters. The van der Waals surface area contributed by atoms with Crippen molar-refractivity contribution in [1.82, 2.24) is 9.38 Å². The predicted molar refractivity (Wildman–Crippen MR) is 91.2 cm³/mol. The van der Waals surface area contributed by atoms with E-state index in [2.05, 4.69) is 4.98 Å². The molecule has 3 aromatic rings. The van der Waals surface area contributed by atoms with Crippen LogP contribution in [0.25, 0.3) is 5.65 Å². The lowest BCUT2D eigenvalue weighted by molar-refractivity contribution is -0.144. The van der Waals surface area contributed by atoms with Crippen molar-refractivity contribution in [3.8, 4) is 0 Å². The lowest BCUT2D eigenvalue weighted by Gasteiger charge is -2.07. The third kappa shape index (κ3) is 3.63. The molecule has 5 nitrogen and oxygen atoms in total. The van der Waals surface area contributed by atoms with E-state index in [1.807, 2.05) is 13.0 Å². The van der Waals surface area contributed by atoms with Gasteiger partial charge in [0.2, 0.25) is 0 Å². The Kier molecular flexibility index (Phi) is 4.62. The van der Waals surface area contributed by atoms with Gasteiger partial charge in [0.25, 0.3) is 5.56 Å². The zero-order valence-electron chi connectivity index (χ0n) is 13.0. The number of fused-ring (bicyclic) bond motifs is 1. The molecule has 0 bridgehead atoms. The van der Waals surface area contributed by atoms with Gasteiger partial charge < -0.3 is 4.74 Å². The van der Waals surface area contributed by atoms with Crippen LogP contribution >= 0.6 is 11.6 Å². The Morgan fingerprint density at radius 2 is 2.00 bits per heavy atom. The first-order chi connectivity index (χ1) is 11.5. The maximum Gasteiger partial charge on any atom is 0.310 e. The predicted octanol–water partition coefficient (Wildman–Crippen LogP) is 2.94. The number of aryl methyl sites for hydroxylation is 1. The van der Waals surface area contributed by atoms with Crippen molar-refractivity contribution < 1.29 is 9.53 Å². The second kappa shape index (κ2) is 6.84. The van der Waals surface area contributed by atoms with Crippen LogP contribution in [0, 0.1) is 6.92 Å². The normalized spacial score (nSPS) is 10.8. The van der Waals surface area contributed by atoms with Crippen molar-refractivity contribution in [3.63, 3.8) is 0 Å². The molecular formula is C18H15ClN2O3. The Balaban J connectivity index is 1.71. The number of ether oxygens (including phenoxy) is 1. The maximum atomic E-state index is 12.1. The molecule has 1 aromatic carbocycles. The third-order valence-electron chi connectivity index (χ3n) is 3.58. The molecule has 0 aliphatic rings. The van der Waals surface area contributed by atoms with Gasteiger partial charge in [0, 0.05) is 17.3 Å². The number of hydrogen-bond acceptors (Lipinski definition) is 4. The van der Waals surface area contributed by atoms with Crippen molar-refractivity contribution in [3.05, 3.63) is 80.9 Å². The van der Waals surface area contributed by atoms with Crippen LogP contribution in [0.15, 0.2) is 53.5 Å². The Morgan fingerprint density at radius 1 is 1.25 bits per heavy atom. The second-order valence-corrected chi connectivity index (χ2v) is 5.87. The minimum Gasteiger partial charge on any atom is -0.459 e. The Bertz CT molecular complexity index is 949. The van der Waals surface area contributed by atoms with Gasteiger partial charge in [-0.3, -0.25) is 14.0 Å². The average Bonchev–Trinajstić information content (AvgIpc) is 2.56. The van der Waals surface area contributed by atoms with E-state index in [9.17, 15) is 9.59 Å². The Hall–Kier alpha value is -2.66. The molecule has 6 heteroatoms. The number of hydrogen-bond donors (Lipinski definition) is 0. The summed E-state index contributed by atoms with van der Waals surface area (Å²) in [5.74, 6) is -0.385. The molecule has 0 amide bonds. The van der Waals surface area contributed by atoms with E-state index < -0.39 is 0 Å². The quantitative estimate of drug-likeness (QED) is 0.684. The number of benzene rings is 1. The van der Waals surface area contributed by atoms with Crippen LogP contribution < -0.4 is 5.56 Å². The van der Waals surface area contributed by atoms with E-state index >= 15 is 0 Å². The minimum absolute atomic E-state index is 0.0352. The van der Waals surface area contributed by atoms with Gasteiger partial charge in [0.05, 0.1) is 12.1 Å². The van der Waals surface area contributed by atoms with Crippen LogP contribution in [-0.4, -0.2) is 15.4 Å². The summed E-state index contributed by atoms with van der Waals surface area (Å²) in [5.41, 5.74) is 2.48. The van der Waals surface area contributed by atoms with Crippen LogP contribution in [0.2, 0.25) is 5.02 Å². The first-order valence-corrected chi connectivity index (χ1v) is 7.79. The van der Waals surface area contributed by atoms with Crippen molar-refractivity contribution >= 4 is 23.2 Å². The zero-order chi connectivity index (χ0) is 17.1. The van der Waals surface area contributed by atoms with Gasteiger partial charge in [-0.05, 0) is 36.2 Å². The molecule has 0 saturated heterocycles. The van der Waals surface area contributed by atoms with Gasteiger partial charge in [-0.1, -0.05) is 29.8 Å². The van der Waals surface area contributed by atoms with Gasteiger partial charge in [-0.25, -0.2) is 4.98 Å². The molecule has 0 aliphatic heterocycles. The lowest BCUT2D eigenvalue weighted by atomic mass is 10.1. The van der Waals surface area contributed by atoms with Crippen LogP contribution in [-0.2, 0) is 22.6 Å². The Morgan fingerprint density at radius 3 is 2.75 bits per heavy atom. The fourth-order valence-electron chi connectivity index (χ4n) is 2.36. The number of halogens is 1. The molecule has 0 fully saturated rings. The van der Waals surface area contributed by atoms with E-state index in [0.717, 1.165) is 11.1 Å². The summed E-state index contributed by atoms with van der Waals surface area (Å²) < 4.78 is 6.69. The van der Waals surface area contributed by atoms with Crippen LogP contribution in [0.3, 0.4) is 0 Å². The van der Waals surface area contributed by atoms with Crippen molar-refractivity contribution in [2.24, 2.45) is 0 Å². The van der Waals surface area contributed by atoms with Crippen LogP contribution in [0.1, 0.15) is 16.8 Å². The average molecular weight is 343 g/mol. The third-order valence-corrected chi connectivity index (χ3v) is 3.83. The highest BCUT2D eigenvalue weighted by molar-refractivity contribution is 6.30. The van der Waals surface area contributed by atoms with Gasteiger partial charge in [0.1, 0.15) is 12.3 Å². The molecule has 0 N–H and O–H groups in total. The van der Waals surface area contributed by atoms with E-state index in [4.69, 9.17) is 16.3 Å². The minimum atomic E-state index is -0.385. The largest absolute Gasteiger partial charge is 0.459 e. The number of carbonyl (C=O) groups is 1. The number of rotatable bonds is 4. The summed E-state index contributed by atoms with van der Waals surface area (Å²) in [6, 6.07) is 12.0. The fraction of sp³-hybridized carbons (Fsp3) is 0.167. The summed E-state index contributed by atoms with van der Waals surface area (Å²) in [4.78, 5) is 28.4. The zero-order valence-corrected chi connectivity index (χ0v) is 13.8. The number of aromatic nitrogens is 2. The highest BCUT2D eigenvalue weighted by Gasteiger charge is 2.09. The van der Waals surface area contributed by atoms with Gasteiger partial charge in [-0.15, -0.1) is 0 Å². The molecule has 2 aromatic heterocycles. The van der Waals surface area contributed by atoms with Gasteiger partial charge in [0.15, 0.2) is 0 Å². The monoisotopic (exact) mass is 342 g/mol. The summed E-state index contributed by atoms with van der Waals surface area (Å²) in [6.07, 6.45) is 1.80. The maximum absolute atomic E-state index is 12.1. The van der Waals surface area contributed by atoms with Crippen molar-refractivity contribution in [1.29, 1.82) is 0 Å². The van der Waals surface area contributed by atoms with Gasteiger partial charge in [-0.2, -0.15) is 0 Å². The topological polar surface area (TPSA) is 60.7 Å². The van der Waals surface area contributed by atoms with Crippen molar-refractivity contribution in [2.75, 3.05) is 0 Å². The summed E-state index contributed by atoms with van der Waals surface area (Å²) >= 11 is 5.81. The SMILES string of the molecule is Cc1cccn2c(=O)cc(COC(=O)Cc3ccc(Cl)cc3)nc12. The molecule has 2 heterocycles.